The molecule has 1 aliphatic carbocycles. The Morgan fingerprint density at radius 3 is 2.82 bits per heavy atom. The van der Waals surface area contributed by atoms with Crippen LogP contribution in [0.25, 0.3) is 10.6 Å². The van der Waals surface area contributed by atoms with Gasteiger partial charge in [0, 0.05) is 42.0 Å². The Bertz CT molecular complexity index is 909. The van der Waals surface area contributed by atoms with Crippen molar-refractivity contribution in [2.45, 2.75) is 38.6 Å². The van der Waals surface area contributed by atoms with Gasteiger partial charge in [-0.1, -0.05) is 26.0 Å². The van der Waals surface area contributed by atoms with Crippen LogP contribution in [0.5, 0.6) is 0 Å². The molecule has 1 saturated carbocycles. The van der Waals surface area contributed by atoms with Crippen LogP contribution in [-0.2, 0) is 10.9 Å². The van der Waals surface area contributed by atoms with E-state index in [2.05, 4.69) is 18.8 Å². The van der Waals surface area contributed by atoms with Gasteiger partial charge in [-0.25, -0.2) is 4.98 Å². The summed E-state index contributed by atoms with van der Waals surface area (Å²) in [6.45, 7) is 4.92. The molecule has 4 nitrogen and oxygen atoms in total. The van der Waals surface area contributed by atoms with Crippen molar-refractivity contribution < 1.29 is 22.7 Å². The number of hydrogen-bond acceptors (Lipinski definition) is 4. The van der Waals surface area contributed by atoms with Gasteiger partial charge in [0.15, 0.2) is 0 Å². The zero-order chi connectivity index (χ0) is 20.3. The van der Waals surface area contributed by atoms with Gasteiger partial charge in [-0.3, -0.25) is 4.79 Å². The molecular formula is C20H21F3N2O2S. The van der Waals surface area contributed by atoms with E-state index in [1.54, 1.807) is 23.4 Å². The van der Waals surface area contributed by atoms with E-state index in [0.717, 1.165) is 18.6 Å². The van der Waals surface area contributed by atoms with E-state index >= 15 is 0 Å². The normalized spacial score (nSPS) is 25.9. The van der Waals surface area contributed by atoms with Crippen molar-refractivity contribution in [2.24, 2.45) is 11.3 Å². The van der Waals surface area contributed by atoms with Gasteiger partial charge in [0.2, 0.25) is 0 Å². The standard InChI is InChI=1S/C20H21F3N2O2S/c1-19(2)15(13-7-8-27-16(13)19)25(3)18(26)14-10-28-17(24-14)11-5-4-6-12(9-11)20(21,22)23/h4-6,9-10,13,15-16H,7-8H2,1-3H3/t13-,15+,16-/m0/s1. The molecular weight excluding hydrogens is 389 g/mol. The molecule has 1 saturated heterocycles. The van der Waals surface area contributed by atoms with Gasteiger partial charge in [0.05, 0.1) is 11.7 Å². The molecule has 8 heteroatoms. The number of aromatic nitrogens is 1. The van der Waals surface area contributed by atoms with Gasteiger partial charge in [0.1, 0.15) is 10.7 Å². The zero-order valence-corrected chi connectivity index (χ0v) is 16.6. The van der Waals surface area contributed by atoms with Crippen LogP contribution in [0.2, 0.25) is 0 Å². The topological polar surface area (TPSA) is 42.4 Å². The summed E-state index contributed by atoms with van der Waals surface area (Å²) in [7, 11) is 1.77. The summed E-state index contributed by atoms with van der Waals surface area (Å²) in [5.41, 5.74) is -0.243. The van der Waals surface area contributed by atoms with Crippen LogP contribution in [0.3, 0.4) is 0 Å². The number of fused-ring (bicyclic) bond motifs is 1. The highest BCUT2D eigenvalue weighted by molar-refractivity contribution is 7.13. The molecule has 0 spiro atoms. The van der Waals surface area contributed by atoms with Crippen LogP contribution in [0.4, 0.5) is 13.2 Å². The second-order valence-electron chi connectivity index (χ2n) is 8.04. The molecule has 28 heavy (non-hydrogen) atoms. The van der Waals surface area contributed by atoms with Crippen LogP contribution in [0.15, 0.2) is 29.6 Å². The minimum Gasteiger partial charge on any atom is -0.377 e. The Balaban J connectivity index is 1.55. The zero-order valence-electron chi connectivity index (χ0n) is 15.8. The smallest absolute Gasteiger partial charge is 0.377 e. The first-order chi connectivity index (χ1) is 13.1. The van der Waals surface area contributed by atoms with Crippen molar-refractivity contribution in [2.75, 3.05) is 13.7 Å². The van der Waals surface area contributed by atoms with Crippen LogP contribution in [0, 0.1) is 11.3 Å². The van der Waals surface area contributed by atoms with E-state index in [1.165, 1.54) is 17.4 Å². The summed E-state index contributed by atoms with van der Waals surface area (Å²) in [6.07, 6.45) is -3.31. The number of benzene rings is 1. The monoisotopic (exact) mass is 410 g/mol. The van der Waals surface area contributed by atoms with Crippen LogP contribution >= 0.6 is 11.3 Å². The number of nitrogens with zero attached hydrogens (tertiary/aromatic N) is 2. The van der Waals surface area contributed by atoms with E-state index in [0.29, 0.717) is 23.1 Å². The SMILES string of the molecule is CN(C(=O)c1csc(-c2cccc(C(F)(F)F)c2)n1)[C@@H]1[C@@H]2CCO[C@@H]2C1(C)C. The Morgan fingerprint density at radius 1 is 1.36 bits per heavy atom. The third kappa shape index (κ3) is 3.03. The van der Waals surface area contributed by atoms with Crippen molar-refractivity contribution in [3.05, 3.63) is 40.9 Å². The number of alkyl halides is 3. The highest BCUT2D eigenvalue weighted by atomic mass is 32.1. The Labute approximate surface area is 165 Å². The molecule has 2 aliphatic rings. The minimum absolute atomic E-state index is 0.0613. The average Bonchev–Trinajstić information content (AvgIpc) is 3.28. The van der Waals surface area contributed by atoms with Gasteiger partial charge in [-0.2, -0.15) is 13.2 Å². The molecule has 2 heterocycles. The lowest BCUT2D eigenvalue weighted by Crippen LogP contribution is -2.66. The molecule has 3 atom stereocenters. The predicted octanol–water partition coefficient (Wildman–Crippen LogP) is 4.71. The highest BCUT2D eigenvalue weighted by Crippen LogP contribution is 2.54. The maximum atomic E-state index is 13.0. The maximum Gasteiger partial charge on any atom is 0.416 e. The quantitative estimate of drug-likeness (QED) is 0.736. The summed E-state index contributed by atoms with van der Waals surface area (Å²) < 4.78 is 44.6. The summed E-state index contributed by atoms with van der Waals surface area (Å²) >= 11 is 1.17. The first-order valence-corrected chi connectivity index (χ1v) is 10.0. The lowest BCUT2D eigenvalue weighted by atomic mass is 9.57. The number of carbonyl (C=O) groups is 1. The van der Waals surface area contributed by atoms with E-state index in [1.807, 2.05) is 0 Å². The molecule has 0 unspecified atom stereocenters. The predicted molar refractivity (Wildman–Crippen MR) is 100 cm³/mol. The third-order valence-corrected chi connectivity index (χ3v) is 6.83. The number of ether oxygens (including phenoxy) is 1. The maximum absolute atomic E-state index is 13.0. The second-order valence-corrected chi connectivity index (χ2v) is 8.90. The number of hydrogen-bond donors (Lipinski definition) is 0. The molecule has 2 aromatic rings. The summed E-state index contributed by atoms with van der Waals surface area (Å²) in [5.74, 6) is 0.114. The number of thiazole rings is 1. The number of halogens is 3. The molecule has 2 fully saturated rings. The molecule has 4 rings (SSSR count). The number of amides is 1. The number of carbonyl (C=O) groups excluding carboxylic acids is 1. The van der Waals surface area contributed by atoms with Gasteiger partial charge in [-0.15, -0.1) is 11.3 Å². The van der Waals surface area contributed by atoms with Gasteiger partial charge in [-0.05, 0) is 18.6 Å². The molecule has 0 radical (unpaired) electrons. The van der Waals surface area contributed by atoms with E-state index in [9.17, 15) is 18.0 Å². The largest absolute Gasteiger partial charge is 0.416 e. The van der Waals surface area contributed by atoms with Crippen LogP contribution in [-0.4, -0.2) is 41.6 Å². The molecule has 0 N–H and O–H groups in total. The van der Waals surface area contributed by atoms with Crippen molar-refractivity contribution in [1.29, 1.82) is 0 Å². The molecule has 150 valence electrons. The average molecular weight is 410 g/mol. The lowest BCUT2D eigenvalue weighted by Gasteiger charge is -2.57. The van der Waals surface area contributed by atoms with E-state index in [-0.39, 0.29) is 29.2 Å². The van der Waals surface area contributed by atoms with Crippen LogP contribution < -0.4 is 0 Å². The van der Waals surface area contributed by atoms with Crippen LogP contribution in [0.1, 0.15) is 36.3 Å². The summed E-state index contributed by atoms with van der Waals surface area (Å²) in [4.78, 5) is 19.0. The fourth-order valence-corrected chi connectivity index (χ4v) is 5.51. The third-order valence-electron chi connectivity index (χ3n) is 5.94. The summed E-state index contributed by atoms with van der Waals surface area (Å²) in [5, 5.41) is 2.01. The van der Waals surface area contributed by atoms with Crippen molar-refractivity contribution in [3.63, 3.8) is 0 Å². The van der Waals surface area contributed by atoms with Crippen molar-refractivity contribution >= 4 is 17.2 Å². The molecule has 1 aliphatic heterocycles. The Morgan fingerprint density at radius 2 is 2.11 bits per heavy atom. The fourth-order valence-electron chi connectivity index (χ4n) is 4.72. The molecule has 1 aromatic carbocycles. The number of rotatable bonds is 3. The van der Waals surface area contributed by atoms with Gasteiger partial charge >= 0.3 is 6.18 Å². The lowest BCUT2D eigenvalue weighted by molar-refractivity contribution is -0.139. The molecule has 1 aromatic heterocycles. The summed E-state index contributed by atoms with van der Waals surface area (Å²) in [6, 6.07) is 5.07. The molecule has 0 bridgehead atoms. The second kappa shape index (κ2) is 6.56. The van der Waals surface area contributed by atoms with Crippen molar-refractivity contribution in [3.8, 4) is 10.6 Å². The first-order valence-electron chi connectivity index (χ1n) is 9.12. The first kappa shape index (κ1) is 19.4. The minimum atomic E-state index is -4.41. The fraction of sp³-hybridized carbons (Fsp3) is 0.500. The van der Waals surface area contributed by atoms with Crippen molar-refractivity contribution in [1.82, 2.24) is 9.88 Å². The van der Waals surface area contributed by atoms with E-state index in [4.69, 9.17) is 4.74 Å². The molecule has 1 amide bonds. The Hall–Kier alpha value is -1.93. The Kier molecular flexibility index (Phi) is 4.54. The van der Waals surface area contributed by atoms with E-state index < -0.39 is 11.7 Å². The van der Waals surface area contributed by atoms with Gasteiger partial charge in [0.25, 0.3) is 5.91 Å². The van der Waals surface area contributed by atoms with Gasteiger partial charge < -0.3 is 9.64 Å². The highest BCUT2D eigenvalue weighted by Gasteiger charge is 2.61.